The second-order valence-electron chi connectivity index (χ2n) is 4.44. The Labute approximate surface area is 109 Å². The van der Waals surface area contributed by atoms with Crippen molar-refractivity contribution in [1.82, 2.24) is 5.32 Å². The molecule has 0 saturated heterocycles. The number of hydrogen-bond donors (Lipinski definition) is 2. The molecule has 1 unspecified atom stereocenters. The van der Waals surface area contributed by atoms with Crippen LogP contribution in [0.2, 0.25) is 0 Å². The first-order valence-corrected chi connectivity index (χ1v) is 6.35. The highest BCUT2D eigenvalue weighted by molar-refractivity contribution is 5.31. The third kappa shape index (κ3) is 4.55. The van der Waals surface area contributed by atoms with E-state index in [0.717, 1.165) is 18.0 Å². The molecule has 0 aliphatic carbocycles. The molecule has 18 heavy (non-hydrogen) atoms. The number of aliphatic hydroxyl groups is 1. The summed E-state index contributed by atoms with van der Waals surface area (Å²) in [6.45, 7) is 7.81. The minimum Gasteiger partial charge on any atom is -0.494 e. The zero-order valence-corrected chi connectivity index (χ0v) is 11.4. The number of rotatable bonds is 8. The lowest BCUT2D eigenvalue weighted by molar-refractivity contribution is 0.117. The Morgan fingerprint density at radius 3 is 2.11 bits per heavy atom. The molecule has 0 bridgehead atoms. The summed E-state index contributed by atoms with van der Waals surface area (Å²) >= 11 is 0. The van der Waals surface area contributed by atoms with Gasteiger partial charge >= 0.3 is 0 Å². The van der Waals surface area contributed by atoms with Crippen molar-refractivity contribution in [1.29, 1.82) is 0 Å². The lowest BCUT2D eigenvalue weighted by atomic mass is 10.1. The van der Waals surface area contributed by atoms with Gasteiger partial charge in [-0.1, -0.05) is 6.92 Å². The van der Waals surface area contributed by atoms with E-state index >= 15 is 0 Å². The van der Waals surface area contributed by atoms with Crippen molar-refractivity contribution in [2.24, 2.45) is 0 Å². The van der Waals surface area contributed by atoms with Crippen LogP contribution in [-0.2, 0) is 0 Å². The van der Waals surface area contributed by atoms with Crippen LogP contribution in [0.25, 0.3) is 0 Å². The molecule has 1 aromatic rings. The highest BCUT2D eigenvalue weighted by Gasteiger charge is 2.22. The molecule has 102 valence electrons. The van der Waals surface area contributed by atoms with Crippen molar-refractivity contribution in [3.05, 3.63) is 24.3 Å². The van der Waals surface area contributed by atoms with E-state index in [9.17, 15) is 5.11 Å². The summed E-state index contributed by atoms with van der Waals surface area (Å²) in [4.78, 5) is 0. The summed E-state index contributed by atoms with van der Waals surface area (Å²) in [6.07, 6.45) is 0. The van der Waals surface area contributed by atoms with Crippen LogP contribution >= 0.6 is 0 Å². The first-order valence-electron chi connectivity index (χ1n) is 6.35. The maximum absolute atomic E-state index is 9.35. The summed E-state index contributed by atoms with van der Waals surface area (Å²) in [5.74, 6) is 1.61. The third-order valence-electron chi connectivity index (χ3n) is 2.64. The molecule has 0 fully saturated rings. The fourth-order valence-electron chi connectivity index (χ4n) is 1.62. The summed E-state index contributed by atoms with van der Waals surface area (Å²) < 4.78 is 11.0. The molecule has 0 aliphatic heterocycles. The predicted octanol–water partition coefficient (Wildman–Crippen LogP) is 1.82. The maximum atomic E-state index is 9.35. The highest BCUT2D eigenvalue weighted by Crippen LogP contribution is 2.18. The molecule has 1 aromatic carbocycles. The Morgan fingerprint density at radius 1 is 1.11 bits per heavy atom. The minimum atomic E-state index is -0.409. The molecule has 1 atom stereocenters. The zero-order valence-electron chi connectivity index (χ0n) is 11.4. The van der Waals surface area contributed by atoms with E-state index in [4.69, 9.17) is 9.47 Å². The summed E-state index contributed by atoms with van der Waals surface area (Å²) in [6, 6.07) is 7.49. The number of hydrogen-bond acceptors (Lipinski definition) is 4. The Kier molecular flexibility index (Phi) is 5.95. The van der Waals surface area contributed by atoms with Gasteiger partial charge in [0, 0.05) is 0 Å². The summed E-state index contributed by atoms with van der Waals surface area (Å²) in [5, 5.41) is 12.6. The van der Waals surface area contributed by atoms with Crippen molar-refractivity contribution in [2.45, 2.75) is 26.3 Å². The van der Waals surface area contributed by atoms with Gasteiger partial charge in [-0.3, -0.25) is 0 Å². The molecule has 0 saturated carbocycles. The average molecular weight is 253 g/mol. The van der Waals surface area contributed by atoms with Gasteiger partial charge in [-0.2, -0.15) is 0 Å². The van der Waals surface area contributed by atoms with Gasteiger partial charge in [-0.15, -0.1) is 0 Å². The molecule has 0 heterocycles. The van der Waals surface area contributed by atoms with Crippen molar-refractivity contribution in [2.75, 3.05) is 26.4 Å². The molecular weight excluding hydrogens is 230 g/mol. The molecule has 0 spiro atoms. The Bertz CT molecular complexity index is 339. The lowest BCUT2D eigenvalue weighted by Crippen LogP contribution is -2.50. The van der Waals surface area contributed by atoms with Gasteiger partial charge in [0.2, 0.25) is 0 Å². The molecular formula is C14H23NO3. The van der Waals surface area contributed by atoms with Gasteiger partial charge in [0.15, 0.2) is 0 Å². The van der Waals surface area contributed by atoms with Crippen molar-refractivity contribution in [3.8, 4) is 11.5 Å². The number of aliphatic hydroxyl groups excluding tert-OH is 1. The average Bonchev–Trinajstić information content (AvgIpc) is 2.39. The molecule has 2 N–H and O–H groups in total. The maximum Gasteiger partial charge on any atom is 0.119 e. The predicted molar refractivity (Wildman–Crippen MR) is 72.3 cm³/mol. The number of benzene rings is 1. The fourth-order valence-corrected chi connectivity index (χ4v) is 1.62. The highest BCUT2D eigenvalue weighted by atomic mass is 16.5. The van der Waals surface area contributed by atoms with Gasteiger partial charge in [-0.25, -0.2) is 0 Å². The minimum absolute atomic E-state index is 0.0396. The van der Waals surface area contributed by atoms with Crippen LogP contribution in [-0.4, -0.2) is 37.0 Å². The van der Waals surface area contributed by atoms with Crippen molar-refractivity contribution in [3.63, 3.8) is 0 Å². The quantitative estimate of drug-likeness (QED) is 0.742. The summed E-state index contributed by atoms with van der Waals surface area (Å²) in [7, 11) is 0. The van der Waals surface area contributed by atoms with Crippen LogP contribution < -0.4 is 14.8 Å². The zero-order chi connectivity index (χ0) is 13.4. The first kappa shape index (κ1) is 14.8. The molecule has 0 aliphatic rings. The second kappa shape index (κ2) is 7.24. The van der Waals surface area contributed by atoms with Crippen molar-refractivity contribution >= 4 is 0 Å². The van der Waals surface area contributed by atoms with Gasteiger partial charge in [0.1, 0.15) is 18.1 Å². The van der Waals surface area contributed by atoms with E-state index < -0.39 is 5.54 Å². The fraction of sp³-hybridized carbons (Fsp3) is 0.571. The van der Waals surface area contributed by atoms with Crippen molar-refractivity contribution < 1.29 is 14.6 Å². The van der Waals surface area contributed by atoms with Gasteiger partial charge in [0.25, 0.3) is 0 Å². The van der Waals surface area contributed by atoms with Crippen LogP contribution in [0, 0.1) is 0 Å². The number of ether oxygens (including phenoxy) is 2. The molecule has 0 aromatic heterocycles. The second-order valence-corrected chi connectivity index (χ2v) is 4.44. The van der Waals surface area contributed by atoms with E-state index in [2.05, 4.69) is 5.32 Å². The first-order chi connectivity index (χ1) is 8.63. The van der Waals surface area contributed by atoms with Crippen LogP contribution in [0.5, 0.6) is 11.5 Å². The van der Waals surface area contributed by atoms with Crippen LogP contribution in [0.15, 0.2) is 24.3 Å². The van der Waals surface area contributed by atoms with Crippen LogP contribution in [0.4, 0.5) is 0 Å². The molecule has 0 amide bonds. The Balaban J connectivity index is 2.51. The van der Waals surface area contributed by atoms with E-state index in [-0.39, 0.29) is 6.61 Å². The normalized spacial score (nSPS) is 14.0. The molecule has 0 radical (unpaired) electrons. The molecule has 1 rings (SSSR count). The van der Waals surface area contributed by atoms with Gasteiger partial charge < -0.3 is 19.9 Å². The SMILES string of the molecule is CCNC(C)(CO)COc1ccc(OCC)cc1. The van der Waals surface area contributed by atoms with E-state index in [1.165, 1.54) is 0 Å². The van der Waals surface area contributed by atoms with E-state index in [0.29, 0.717) is 13.2 Å². The lowest BCUT2D eigenvalue weighted by Gasteiger charge is -2.28. The van der Waals surface area contributed by atoms with Crippen LogP contribution in [0.3, 0.4) is 0 Å². The standard InChI is InChI=1S/C14H23NO3/c1-4-15-14(3,10-16)11-18-13-8-6-12(7-9-13)17-5-2/h6-9,15-16H,4-5,10-11H2,1-3H3. The van der Waals surface area contributed by atoms with Gasteiger partial charge in [-0.05, 0) is 44.7 Å². The Hall–Kier alpha value is -1.26. The molecule has 4 nitrogen and oxygen atoms in total. The van der Waals surface area contributed by atoms with E-state index in [1.54, 1.807) is 0 Å². The van der Waals surface area contributed by atoms with E-state index in [1.807, 2.05) is 45.0 Å². The van der Waals surface area contributed by atoms with Gasteiger partial charge in [0.05, 0.1) is 18.8 Å². The third-order valence-corrected chi connectivity index (χ3v) is 2.64. The number of nitrogens with one attached hydrogen (secondary N) is 1. The Morgan fingerprint density at radius 2 is 1.67 bits per heavy atom. The smallest absolute Gasteiger partial charge is 0.119 e. The summed E-state index contributed by atoms with van der Waals surface area (Å²) in [5.41, 5.74) is -0.409. The number of likely N-dealkylation sites (N-methyl/N-ethyl adjacent to an activating group) is 1. The largest absolute Gasteiger partial charge is 0.494 e. The molecule has 4 heteroatoms. The topological polar surface area (TPSA) is 50.7 Å². The monoisotopic (exact) mass is 253 g/mol. The van der Waals surface area contributed by atoms with Crippen LogP contribution in [0.1, 0.15) is 20.8 Å².